The maximum atomic E-state index is 12.1. The third-order valence-corrected chi connectivity index (χ3v) is 4.44. The normalized spacial score (nSPS) is 18.5. The van der Waals surface area contributed by atoms with Gasteiger partial charge in [0, 0.05) is 37.6 Å². The Hall–Kier alpha value is -2.57. The van der Waals surface area contributed by atoms with Crippen molar-refractivity contribution in [3.8, 4) is 0 Å². The Morgan fingerprint density at radius 2 is 1.54 bits per heavy atom. The lowest BCUT2D eigenvalue weighted by molar-refractivity contribution is -0.121. The fourth-order valence-corrected chi connectivity index (χ4v) is 3.14. The van der Waals surface area contributed by atoms with Gasteiger partial charge in [0.2, 0.25) is 5.91 Å². The molecule has 1 aromatic rings. The molecule has 2 heterocycles. The fourth-order valence-electron chi connectivity index (χ4n) is 3.14. The lowest BCUT2D eigenvalue weighted by atomic mass is 10.2. The van der Waals surface area contributed by atoms with E-state index in [-0.39, 0.29) is 30.7 Å². The topological polar surface area (TPSA) is 70.2 Å². The molecule has 7 nitrogen and oxygen atoms in total. The van der Waals surface area contributed by atoms with Crippen LogP contribution in [0.1, 0.15) is 27.2 Å². The van der Waals surface area contributed by atoms with Gasteiger partial charge in [-0.15, -0.1) is 0 Å². The number of benzene rings is 1. The molecule has 140 valence electrons. The highest BCUT2D eigenvalue weighted by Crippen LogP contribution is 2.24. The number of Topliss-reactive ketones (excluding diaryl/α,β-unsaturated/α-hetero) is 1. The van der Waals surface area contributed by atoms with E-state index < -0.39 is 5.60 Å². The zero-order valence-electron chi connectivity index (χ0n) is 15.5. The number of nitrogens with zero attached hydrogens (tertiary/aromatic N) is 3. The summed E-state index contributed by atoms with van der Waals surface area (Å²) in [6, 6.07) is 7.64. The molecule has 2 fully saturated rings. The first kappa shape index (κ1) is 18.2. The van der Waals surface area contributed by atoms with Gasteiger partial charge in [-0.25, -0.2) is 4.79 Å². The van der Waals surface area contributed by atoms with E-state index in [0.29, 0.717) is 13.1 Å². The average Bonchev–Trinajstić information content (AvgIpc) is 2.92. The van der Waals surface area contributed by atoms with Gasteiger partial charge in [0.15, 0.2) is 5.78 Å². The van der Waals surface area contributed by atoms with Gasteiger partial charge in [0.25, 0.3) is 0 Å². The number of rotatable bonds is 2. The SMILES string of the molecule is CC(C)(C)OC(=O)N1CCN(c2ccc(N3CC(=O)CC3=O)cc2)CC1. The number of carbonyl (C=O) groups is 3. The molecule has 1 aromatic carbocycles. The number of piperazine rings is 1. The Morgan fingerprint density at radius 3 is 2.04 bits per heavy atom. The van der Waals surface area contributed by atoms with E-state index in [9.17, 15) is 14.4 Å². The summed E-state index contributed by atoms with van der Waals surface area (Å²) in [6.07, 6.45) is -0.279. The van der Waals surface area contributed by atoms with Crippen molar-refractivity contribution in [3.05, 3.63) is 24.3 Å². The molecule has 0 spiro atoms. The van der Waals surface area contributed by atoms with Crippen LogP contribution in [0.5, 0.6) is 0 Å². The van der Waals surface area contributed by atoms with Crippen LogP contribution >= 0.6 is 0 Å². The number of hydrogen-bond acceptors (Lipinski definition) is 5. The van der Waals surface area contributed by atoms with Gasteiger partial charge < -0.3 is 19.4 Å². The second-order valence-electron chi connectivity index (χ2n) is 7.67. The Bertz CT molecular complexity index is 700. The lowest BCUT2D eigenvalue weighted by Gasteiger charge is -2.36. The van der Waals surface area contributed by atoms with Crippen LogP contribution in [0.3, 0.4) is 0 Å². The largest absolute Gasteiger partial charge is 0.444 e. The van der Waals surface area contributed by atoms with Gasteiger partial charge in [-0.3, -0.25) is 9.59 Å². The molecular weight excluding hydrogens is 334 g/mol. The maximum Gasteiger partial charge on any atom is 0.410 e. The standard InChI is InChI=1S/C19H25N3O4/c1-19(2,3)26-18(25)21-10-8-20(9-11-21)14-4-6-15(7-5-14)22-13-16(23)12-17(22)24/h4-7H,8-13H2,1-3H3. The fraction of sp³-hybridized carbons (Fsp3) is 0.526. The monoisotopic (exact) mass is 359 g/mol. The predicted molar refractivity (Wildman–Crippen MR) is 98.4 cm³/mol. The number of carbonyl (C=O) groups excluding carboxylic acids is 3. The van der Waals surface area contributed by atoms with Crippen LogP contribution in [0.15, 0.2) is 24.3 Å². The molecule has 0 radical (unpaired) electrons. The quantitative estimate of drug-likeness (QED) is 0.756. The third kappa shape index (κ3) is 4.15. The summed E-state index contributed by atoms with van der Waals surface area (Å²) in [5.74, 6) is -0.189. The Labute approximate surface area is 153 Å². The van der Waals surface area contributed by atoms with Crippen LogP contribution in [-0.4, -0.2) is 61.0 Å². The zero-order chi connectivity index (χ0) is 18.9. The number of anilines is 2. The molecule has 2 aliphatic rings. The summed E-state index contributed by atoms with van der Waals surface area (Å²) < 4.78 is 5.41. The molecule has 0 aliphatic carbocycles. The maximum absolute atomic E-state index is 12.1. The second kappa shape index (κ2) is 6.97. The van der Waals surface area contributed by atoms with Crippen molar-refractivity contribution in [1.82, 2.24) is 4.90 Å². The third-order valence-electron chi connectivity index (χ3n) is 4.44. The minimum atomic E-state index is -0.488. The highest BCUT2D eigenvalue weighted by atomic mass is 16.6. The van der Waals surface area contributed by atoms with Gasteiger partial charge in [0.1, 0.15) is 5.60 Å². The molecule has 0 bridgehead atoms. The zero-order valence-corrected chi connectivity index (χ0v) is 15.5. The van der Waals surface area contributed by atoms with Crippen LogP contribution < -0.4 is 9.80 Å². The minimum absolute atomic E-state index is 0.00558. The van der Waals surface area contributed by atoms with Crippen molar-refractivity contribution in [2.75, 3.05) is 42.5 Å². The Morgan fingerprint density at radius 1 is 0.962 bits per heavy atom. The van der Waals surface area contributed by atoms with Crippen LogP contribution in [0.2, 0.25) is 0 Å². The molecular formula is C19H25N3O4. The molecule has 0 aromatic heterocycles. The summed E-state index contributed by atoms with van der Waals surface area (Å²) in [5.41, 5.74) is 1.30. The highest BCUT2D eigenvalue weighted by molar-refractivity contribution is 6.15. The molecule has 0 N–H and O–H groups in total. The van der Waals surface area contributed by atoms with Crippen molar-refractivity contribution < 1.29 is 19.1 Å². The molecule has 2 saturated heterocycles. The molecule has 0 saturated carbocycles. The van der Waals surface area contributed by atoms with E-state index in [1.807, 2.05) is 45.0 Å². The first-order valence-electron chi connectivity index (χ1n) is 8.88. The smallest absolute Gasteiger partial charge is 0.410 e. The molecule has 0 unspecified atom stereocenters. The van der Waals surface area contributed by atoms with Gasteiger partial charge in [-0.2, -0.15) is 0 Å². The average molecular weight is 359 g/mol. The number of amides is 2. The van der Waals surface area contributed by atoms with Crippen LogP contribution in [0.4, 0.5) is 16.2 Å². The molecule has 3 rings (SSSR count). The molecule has 7 heteroatoms. The summed E-state index contributed by atoms with van der Waals surface area (Å²) in [7, 11) is 0. The first-order chi connectivity index (χ1) is 12.2. The van der Waals surface area contributed by atoms with Crippen molar-refractivity contribution >= 4 is 29.2 Å². The van der Waals surface area contributed by atoms with Gasteiger partial charge in [-0.05, 0) is 45.0 Å². The number of ketones is 1. The number of hydrogen-bond donors (Lipinski definition) is 0. The summed E-state index contributed by atoms with van der Waals surface area (Å²) in [4.78, 5) is 40.8. The molecule has 2 aliphatic heterocycles. The summed E-state index contributed by atoms with van der Waals surface area (Å²) in [5, 5.41) is 0. The van der Waals surface area contributed by atoms with E-state index in [0.717, 1.165) is 24.5 Å². The van der Waals surface area contributed by atoms with E-state index in [2.05, 4.69) is 4.90 Å². The van der Waals surface area contributed by atoms with E-state index in [1.54, 1.807) is 4.90 Å². The molecule has 26 heavy (non-hydrogen) atoms. The second-order valence-corrected chi connectivity index (χ2v) is 7.67. The van der Waals surface area contributed by atoms with Crippen LogP contribution in [0, 0.1) is 0 Å². The Balaban J connectivity index is 1.57. The molecule has 2 amide bonds. The van der Waals surface area contributed by atoms with Crippen molar-refractivity contribution in [3.63, 3.8) is 0 Å². The van der Waals surface area contributed by atoms with Crippen molar-refractivity contribution in [1.29, 1.82) is 0 Å². The first-order valence-corrected chi connectivity index (χ1v) is 8.88. The lowest BCUT2D eigenvalue weighted by Crippen LogP contribution is -2.50. The minimum Gasteiger partial charge on any atom is -0.444 e. The van der Waals surface area contributed by atoms with E-state index in [1.165, 1.54) is 4.90 Å². The summed E-state index contributed by atoms with van der Waals surface area (Å²) in [6.45, 7) is 8.40. The van der Waals surface area contributed by atoms with E-state index in [4.69, 9.17) is 4.74 Å². The molecule has 0 atom stereocenters. The van der Waals surface area contributed by atoms with Gasteiger partial charge in [-0.1, -0.05) is 0 Å². The van der Waals surface area contributed by atoms with Gasteiger partial charge in [0.05, 0.1) is 13.0 Å². The van der Waals surface area contributed by atoms with Gasteiger partial charge >= 0.3 is 6.09 Å². The summed E-state index contributed by atoms with van der Waals surface area (Å²) >= 11 is 0. The van der Waals surface area contributed by atoms with Crippen LogP contribution in [-0.2, 0) is 14.3 Å². The highest BCUT2D eigenvalue weighted by Gasteiger charge is 2.29. The number of ether oxygens (including phenoxy) is 1. The van der Waals surface area contributed by atoms with Crippen molar-refractivity contribution in [2.45, 2.75) is 32.8 Å². The van der Waals surface area contributed by atoms with E-state index >= 15 is 0 Å². The predicted octanol–water partition coefficient (Wildman–Crippen LogP) is 2.05. The van der Waals surface area contributed by atoms with Crippen molar-refractivity contribution in [2.24, 2.45) is 0 Å². The van der Waals surface area contributed by atoms with Crippen LogP contribution in [0.25, 0.3) is 0 Å². The Kier molecular flexibility index (Phi) is 4.89.